The van der Waals surface area contributed by atoms with E-state index in [-0.39, 0.29) is 6.10 Å². The van der Waals surface area contributed by atoms with Gasteiger partial charge < -0.3 is 15.7 Å². The summed E-state index contributed by atoms with van der Waals surface area (Å²) in [7, 11) is 0. The number of aliphatic hydroxyl groups excluding tert-OH is 1. The first kappa shape index (κ1) is 12.7. The van der Waals surface area contributed by atoms with E-state index in [0.717, 1.165) is 31.6 Å². The molecule has 1 atom stereocenters. The van der Waals surface area contributed by atoms with Crippen LogP contribution in [0.4, 0.5) is 11.4 Å². The Morgan fingerprint density at radius 3 is 2.61 bits per heavy atom. The topological polar surface area (TPSA) is 73.3 Å². The smallest absolute Gasteiger partial charge is 0.0992 e. The van der Waals surface area contributed by atoms with Gasteiger partial charge in [-0.05, 0) is 43.9 Å². The van der Waals surface area contributed by atoms with Crippen molar-refractivity contribution in [3.05, 3.63) is 23.8 Å². The Hall–Kier alpha value is -1.73. The molecule has 1 unspecified atom stereocenters. The molecule has 0 amide bonds. The number of benzene rings is 1. The van der Waals surface area contributed by atoms with Crippen molar-refractivity contribution in [1.82, 2.24) is 0 Å². The molecule has 96 valence electrons. The molecule has 2 rings (SSSR count). The third-order valence-corrected chi connectivity index (χ3v) is 3.72. The van der Waals surface area contributed by atoms with E-state index in [0.29, 0.717) is 17.2 Å². The normalized spacial score (nSPS) is 18.4. The van der Waals surface area contributed by atoms with Crippen molar-refractivity contribution in [2.24, 2.45) is 5.92 Å². The fourth-order valence-electron chi connectivity index (χ4n) is 2.53. The molecule has 1 fully saturated rings. The number of hydrogen-bond acceptors (Lipinski definition) is 4. The van der Waals surface area contributed by atoms with E-state index in [9.17, 15) is 5.11 Å². The SMILES string of the molecule is CC(O)C1CCN(c2ccc(C#N)cc2N)CC1. The molecule has 18 heavy (non-hydrogen) atoms. The largest absolute Gasteiger partial charge is 0.397 e. The fraction of sp³-hybridized carbons (Fsp3) is 0.500. The van der Waals surface area contributed by atoms with Gasteiger partial charge in [0.2, 0.25) is 0 Å². The predicted molar refractivity (Wildman–Crippen MR) is 72.2 cm³/mol. The molecule has 1 aliphatic heterocycles. The predicted octanol–water partition coefficient (Wildman–Crippen LogP) is 1.74. The molecule has 0 spiro atoms. The van der Waals surface area contributed by atoms with Crippen LogP contribution in [0, 0.1) is 17.2 Å². The third-order valence-electron chi connectivity index (χ3n) is 3.72. The van der Waals surface area contributed by atoms with Crippen LogP contribution >= 0.6 is 0 Å². The van der Waals surface area contributed by atoms with Gasteiger partial charge in [-0.25, -0.2) is 0 Å². The molecular formula is C14H19N3O. The summed E-state index contributed by atoms with van der Waals surface area (Å²) >= 11 is 0. The van der Waals surface area contributed by atoms with Gasteiger partial charge in [0.25, 0.3) is 0 Å². The highest BCUT2D eigenvalue weighted by Crippen LogP contribution is 2.29. The number of hydrogen-bond donors (Lipinski definition) is 2. The maximum absolute atomic E-state index is 9.58. The van der Waals surface area contributed by atoms with Gasteiger partial charge in [-0.2, -0.15) is 5.26 Å². The van der Waals surface area contributed by atoms with Gasteiger partial charge in [0.1, 0.15) is 0 Å². The van der Waals surface area contributed by atoms with Gasteiger partial charge in [-0.3, -0.25) is 0 Å². The first-order chi connectivity index (χ1) is 8.61. The van der Waals surface area contributed by atoms with Crippen LogP contribution < -0.4 is 10.6 Å². The number of nitrogen functional groups attached to an aromatic ring is 1. The van der Waals surface area contributed by atoms with Gasteiger partial charge in [0.05, 0.1) is 29.1 Å². The lowest BCUT2D eigenvalue weighted by Crippen LogP contribution is -2.37. The van der Waals surface area contributed by atoms with Gasteiger partial charge in [0, 0.05) is 13.1 Å². The first-order valence-electron chi connectivity index (χ1n) is 6.34. The van der Waals surface area contributed by atoms with E-state index in [2.05, 4.69) is 11.0 Å². The molecule has 4 heteroatoms. The van der Waals surface area contributed by atoms with Crippen LogP contribution in [0.1, 0.15) is 25.3 Å². The summed E-state index contributed by atoms with van der Waals surface area (Å²) in [5.41, 5.74) is 8.23. The molecule has 1 aromatic rings. The second kappa shape index (κ2) is 5.28. The van der Waals surface area contributed by atoms with E-state index >= 15 is 0 Å². The molecule has 4 nitrogen and oxygen atoms in total. The fourth-order valence-corrected chi connectivity index (χ4v) is 2.53. The monoisotopic (exact) mass is 245 g/mol. The van der Waals surface area contributed by atoms with Gasteiger partial charge in [-0.15, -0.1) is 0 Å². The van der Waals surface area contributed by atoms with E-state index in [1.165, 1.54) is 0 Å². The summed E-state index contributed by atoms with van der Waals surface area (Å²) in [6.45, 7) is 3.67. The molecule has 0 radical (unpaired) electrons. The summed E-state index contributed by atoms with van der Waals surface area (Å²) in [5, 5.41) is 18.4. The number of piperidine rings is 1. The van der Waals surface area contributed by atoms with Gasteiger partial charge in [-0.1, -0.05) is 0 Å². The molecule has 1 heterocycles. The van der Waals surface area contributed by atoms with Crippen LogP contribution in [0.2, 0.25) is 0 Å². The average molecular weight is 245 g/mol. The molecular weight excluding hydrogens is 226 g/mol. The third kappa shape index (κ3) is 2.57. The Kier molecular flexibility index (Phi) is 3.73. The van der Waals surface area contributed by atoms with Gasteiger partial charge >= 0.3 is 0 Å². The summed E-state index contributed by atoms with van der Waals surface area (Å²) in [6, 6.07) is 7.52. The average Bonchev–Trinajstić information content (AvgIpc) is 2.38. The molecule has 1 aliphatic rings. The minimum Gasteiger partial charge on any atom is -0.397 e. The van der Waals surface area contributed by atoms with E-state index in [1.54, 1.807) is 12.1 Å². The maximum Gasteiger partial charge on any atom is 0.0992 e. The lowest BCUT2D eigenvalue weighted by molar-refractivity contribution is 0.110. The lowest BCUT2D eigenvalue weighted by atomic mass is 9.92. The highest BCUT2D eigenvalue weighted by molar-refractivity contribution is 5.69. The lowest BCUT2D eigenvalue weighted by Gasteiger charge is -2.35. The van der Waals surface area contributed by atoms with Crippen LogP contribution in [0.15, 0.2) is 18.2 Å². The summed E-state index contributed by atoms with van der Waals surface area (Å²) in [5.74, 6) is 0.390. The quantitative estimate of drug-likeness (QED) is 0.778. The minimum absolute atomic E-state index is 0.231. The standard InChI is InChI=1S/C14H19N3O/c1-10(18)12-4-6-17(7-5-12)14-3-2-11(9-15)8-13(14)16/h2-3,8,10,12,18H,4-7,16H2,1H3. The molecule has 0 saturated carbocycles. The zero-order valence-electron chi connectivity index (χ0n) is 10.6. The summed E-state index contributed by atoms with van der Waals surface area (Å²) in [4.78, 5) is 2.23. The first-order valence-corrected chi connectivity index (χ1v) is 6.34. The van der Waals surface area contributed by atoms with Crippen LogP contribution in [-0.2, 0) is 0 Å². The Morgan fingerprint density at radius 1 is 1.44 bits per heavy atom. The van der Waals surface area contributed by atoms with Crippen LogP contribution in [0.5, 0.6) is 0 Å². The molecule has 3 N–H and O–H groups in total. The van der Waals surface area contributed by atoms with Crippen molar-refractivity contribution in [3.63, 3.8) is 0 Å². The van der Waals surface area contributed by atoms with Crippen LogP contribution in [-0.4, -0.2) is 24.3 Å². The second-order valence-corrected chi connectivity index (χ2v) is 4.95. The van der Waals surface area contributed by atoms with Crippen LogP contribution in [0.25, 0.3) is 0 Å². The number of nitriles is 1. The van der Waals surface area contributed by atoms with Crippen molar-refractivity contribution < 1.29 is 5.11 Å². The van der Waals surface area contributed by atoms with Crippen molar-refractivity contribution in [3.8, 4) is 6.07 Å². The number of aliphatic hydroxyl groups is 1. The Morgan fingerprint density at radius 2 is 2.11 bits per heavy atom. The zero-order valence-corrected chi connectivity index (χ0v) is 10.6. The molecule has 1 aromatic carbocycles. The van der Waals surface area contributed by atoms with E-state index in [4.69, 9.17) is 11.0 Å². The molecule has 0 bridgehead atoms. The van der Waals surface area contributed by atoms with Crippen LogP contribution in [0.3, 0.4) is 0 Å². The summed E-state index contributed by atoms with van der Waals surface area (Å²) < 4.78 is 0. The second-order valence-electron chi connectivity index (χ2n) is 4.95. The number of rotatable bonds is 2. The zero-order chi connectivity index (χ0) is 13.1. The number of anilines is 2. The van der Waals surface area contributed by atoms with Crippen molar-refractivity contribution in [1.29, 1.82) is 5.26 Å². The van der Waals surface area contributed by atoms with Crippen molar-refractivity contribution >= 4 is 11.4 Å². The number of nitrogens with two attached hydrogens (primary N) is 1. The molecule has 0 aliphatic carbocycles. The van der Waals surface area contributed by atoms with Crippen molar-refractivity contribution in [2.45, 2.75) is 25.9 Å². The van der Waals surface area contributed by atoms with E-state index < -0.39 is 0 Å². The Labute approximate surface area is 108 Å². The minimum atomic E-state index is -0.231. The summed E-state index contributed by atoms with van der Waals surface area (Å²) in [6.07, 6.45) is 1.74. The molecule has 1 saturated heterocycles. The highest BCUT2D eigenvalue weighted by atomic mass is 16.3. The molecule has 0 aromatic heterocycles. The Bertz CT molecular complexity index is 457. The Balaban J connectivity index is 2.08. The highest BCUT2D eigenvalue weighted by Gasteiger charge is 2.23. The van der Waals surface area contributed by atoms with Crippen molar-refractivity contribution in [2.75, 3.05) is 23.7 Å². The maximum atomic E-state index is 9.58. The van der Waals surface area contributed by atoms with E-state index in [1.807, 2.05) is 13.0 Å². The number of nitrogens with zero attached hydrogens (tertiary/aromatic N) is 2. The van der Waals surface area contributed by atoms with Gasteiger partial charge in [0.15, 0.2) is 0 Å².